The molecule has 3 rings (SSSR count). The molecule has 1 fully saturated rings. The zero-order chi connectivity index (χ0) is 13.2. The fourth-order valence-electron chi connectivity index (χ4n) is 2.46. The molecule has 0 bridgehead atoms. The molecule has 0 radical (unpaired) electrons. The third-order valence-electron chi connectivity index (χ3n) is 3.50. The summed E-state index contributed by atoms with van der Waals surface area (Å²) >= 11 is 1.55. The molecule has 100 valence electrons. The Bertz CT molecular complexity index is 574. The number of benzene rings is 1. The van der Waals surface area contributed by atoms with Crippen LogP contribution in [-0.4, -0.2) is 20.2 Å². The monoisotopic (exact) mass is 275 g/mol. The number of nitrogens with zero attached hydrogens (tertiary/aromatic N) is 4. The first-order valence-corrected chi connectivity index (χ1v) is 7.37. The number of nitrogens with two attached hydrogens (primary N) is 1. The second kappa shape index (κ2) is 5.21. The number of hydrogen-bond donors (Lipinski definition) is 1. The lowest BCUT2D eigenvalue weighted by Crippen LogP contribution is -2.08. The summed E-state index contributed by atoms with van der Waals surface area (Å²) in [5.41, 5.74) is 7.98. The largest absolute Gasteiger partial charge is 0.398 e. The van der Waals surface area contributed by atoms with E-state index >= 15 is 0 Å². The van der Waals surface area contributed by atoms with E-state index in [9.17, 15) is 0 Å². The Kier molecular flexibility index (Phi) is 3.42. The first-order valence-electron chi connectivity index (χ1n) is 6.56. The fraction of sp³-hybridized carbons (Fsp3) is 0.462. The van der Waals surface area contributed by atoms with Gasteiger partial charge in [0.05, 0.1) is 6.04 Å². The van der Waals surface area contributed by atoms with Gasteiger partial charge in [0.15, 0.2) is 0 Å². The summed E-state index contributed by atoms with van der Waals surface area (Å²) in [4.78, 5) is 1.02. The summed E-state index contributed by atoms with van der Waals surface area (Å²) in [6, 6.07) is 6.47. The van der Waals surface area contributed by atoms with Gasteiger partial charge in [-0.2, -0.15) is 0 Å². The van der Waals surface area contributed by atoms with Gasteiger partial charge in [0.1, 0.15) is 0 Å². The van der Waals surface area contributed by atoms with Crippen molar-refractivity contribution in [2.24, 2.45) is 0 Å². The number of nitrogen functional groups attached to an aromatic ring is 1. The highest BCUT2D eigenvalue weighted by molar-refractivity contribution is 7.99. The van der Waals surface area contributed by atoms with Crippen LogP contribution in [-0.2, 0) is 0 Å². The maximum Gasteiger partial charge on any atom is 0.214 e. The van der Waals surface area contributed by atoms with E-state index in [0.29, 0.717) is 6.04 Å². The minimum absolute atomic E-state index is 0.448. The normalized spacial score (nSPS) is 16.1. The summed E-state index contributed by atoms with van der Waals surface area (Å²) in [5, 5.41) is 12.9. The molecule has 1 aromatic carbocycles. The van der Waals surface area contributed by atoms with Gasteiger partial charge in [0, 0.05) is 10.6 Å². The molecule has 0 aliphatic heterocycles. The Hall–Kier alpha value is -1.56. The van der Waals surface area contributed by atoms with E-state index in [1.54, 1.807) is 11.8 Å². The molecule has 2 N–H and O–H groups in total. The molecule has 5 nitrogen and oxygen atoms in total. The molecule has 0 unspecified atom stereocenters. The molecule has 1 heterocycles. The Morgan fingerprint density at radius 1 is 1.32 bits per heavy atom. The average Bonchev–Trinajstić information content (AvgIpc) is 3.03. The third kappa shape index (κ3) is 2.58. The molecule has 1 aromatic heterocycles. The molecule has 2 aromatic rings. The number of aryl methyl sites for hydroxylation is 1. The quantitative estimate of drug-likeness (QED) is 0.872. The molecule has 1 saturated carbocycles. The van der Waals surface area contributed by atoms with Crippen LogP contribution in [0.2, 0.25) is 0 Å². The highest BCUT2D eigenvalue weighted by Crippen LogP contribution is 2.35. The number of rotatable bonds is 3. The minimum atomic E-state index is 0.448. The van der Waals surface area contributed by atoms with Crippen molar-refractivity contribution in [1.29, 1.82) is 0 Å². The molecule has 6 heteroatoms. The summed E-state index contributed by atoms with van der Waals surface area (Å²) < 4.78 is 1.96. The van der Waals surface area contributed by atoms with Crippen LogP contribution in [0.5, 0.6) is 0 Å². The maximum atomic E-state index is 6.01. The van der Waals surface area contributed by atoms with Crippen LogP contribution in [0.25, 0.3) is 0 Å². The van der Waals surface area contributed by atoms with Crippen molar-refractivity contribution in [2.75, 3.05) is 5.73 Å². The van der Waals surface area contributed by atoms with E-state index in [4.69, 9.17) is 5.73 Å². The smallest absolute Gasteiger partial charge is 0.214 e. The summed E-state index contributed by atoms with van der Waals surface area (Å²) in [5.74, 6) is 0. The van der Waals surface area contributed by atoms with Gasteiger partial charge >= 0.3 is 0 Å². The van der Waals surface area contributed by atoms with Crippen LogP contribution >= 0.6 is 11.8 Å². The number of anilines is 1. The first-order chi connectivity index (χ1) is 9.24. The highest BCUT2D eigenvalue weighted by Gasteiger charge is 2.22. The first kappa shape index (κ1) is 12.5. The Morgan fingerprint density at radius 2 is 2.11 bits per heavy atom. The van der Waals surface area contributed by atoms with Gasteiger partial charge in [-0.15, -0.1) is 5.10 Å². The average molecular weight is 275 g/mol. The number of tetrazole rings is 1. The van der Waals surface area contributed by atoms with E-state index in [-0.39, 0.29) is 0 Å². The lowest BCUT2D eigenvalue weighted by Gasteiger charge is -2.11. The van der Waals surface area contributed by atoms with Crippen LogP contribution < -0.4 is 5.73 Å². The second-order valence-electron chi connectivity index (χ2n) is 4.99. The van der Waals surface area contributed by atoms with Gasteiger partial charge in [0.2, 0.25) is 5.16 Å². The van der Waals surface area contributed by atoms with Gasteiger partial charge in [-0.1, -0.05) is 18.9 Å². The predicted octanol–water partition coefficient (Wildman–Crippen LogP) is 2.83. The van der Waals surface area contributed by atoms with Crippen molar-refractivity contribution in [1.82, 2.24) is 20.2 Å². The van der Waals surface area contributed by atoms with Crippen molar-refractivity contribution >= 4 is 17.4 Å². The standard InChI is InChI=1S/C13H17N5S/c1-9-6-7-11(14)12(8-9)19-13-15-16-17-18(13)10-4-2-3-5-10/h6-8,10H,2-5,14H2,1H3. The third-order valence-corrected chi connectivity index (χ3v) is 4.53. The Morgan fingerprint density at radius 3 is 2.89 bits per heavy atom. The molecule has 0 atom stereocenters. The fourth-order valence-corrected chi connectivity index (χ4v) is 3.44. The van der Waals surface area contributed by atoms with Crippen molar-refractivity contribution < 1.29 is 0 Å². The van der Waals surface area contributed by atoms with Gasteiger partial charge in [-0.05, 0) is 59.7 Å². The summed E-state index contributed by atoms with van der Waals surface area (Å²) in [7, 11) is 0. The van der Waals surface area contributed by atoms with Crippen LogP contribution in [0.15, 0.2) is 28.3 Å². The van der Waals surface area contributed by atoms with E-state index in [0.717, 1.165) is 15.7 Å². The lowest BCUT2D eigenvalue weighted by atomic mass is 10.2. The van der Waals surface area contributed by atoms with E-state index in [2.05, 4.69) is 28.5 Å². The Labute approximate surface area is 116 Å². The van der Waals surface area contributed by atoms with E-state index in [1.807, 2.05) is 16.8 Å². The van der Waals surface area contributed by atoms with Crippen molar-refractivity contribution in [3.8, 4) is 0 Å². The number of aromatic nitrogens is 4. The van der Waals surface area contributed by atoms with Gasteiger partial charge in [-0.25, -0.2) is 4.68 Å². The molecule has 0 spiro atoms. The van der Waals surface area contributed by atoms with E-state index in [1.165, 1.54) is 31.2 Å². The molecule has 0 saturated heterocycles. The zero-order valence-corrected chi connectivity index (χ0v) is 11.7. The lowest BCUT2D eigenvalue weighted by molar-refractivity contribution is 0.423. The van der Waals surface area contributed by atoms with Crippen molar-refractivity contribution in [3.05, 3.63) is 23.8 Å². The minimum Gasteiger partial charge on any atom is -0.398 e. The molecule has 19 heavy (non-hydrogen) atoms. The topological polar surface area (TPSA) is 69.6 Å². The van der Waals surface area contributed by atoms with Gasteiger partial charge < -0.3 is 5.73 Å². The second-order valence-corrected chi connectivity index (χ2v) is 6.00. The van der Waals surface area contributed by atoms with Gasteiger partial charge in [0.25, 0.3) is 0 Å². The molecular formula is C13H17N5S. The molecule has 1 aliphatic rings. The molecule has 1 aliphatic carbocycles. The molecule has 0 amide bonds. The molecular weight excluding hydrogens is 258 g/mol. The van der Waals surface area contributed by atoms with Crippen LogP contribution in [0, 0.1) is 6.92 Å². The number of hydrogen-bond acceptors (Lipinski definition) is 5. The summed E-state index contributed by atoms with van der Waals surface area (Å²) in [6.07, 6.45) is 4.87. The summed E-state index contributed by atoms with van der Waals surface area (Å²) in [6.45, 7) is 2.06. The maximum absolute atomic E-state index is 6.01. The van der Waals surface area contributed by atoms with Crippen molar-refractivity contribution in [2.45, 2.75) is 48.7 Å². The van der Waals surface area contributed by atoms with E-state index < -0.39 is 0 Å². The van der Waals surface area contributed by atoms with Crippen LogP contribution in [0.1, 0.15) is 37.3 Å². The predicted molar refractivity (Wildman–Crippen MR) is 75.0 cm³/mol. The SMILES string of the molecule is Cc1ccc(N)c(Sc2nnnn2C2CCCC2)c1. The van der Waals surface area contributed by atoms with Gasteiger partial charge in [-0.3, -0.25) is 0 Å². The van der Waals surface area contributed by atoms with Crippen LogP contribution in [0.4, 0.5) is 5.69 Å². The van der Waals surface area contributed by atoms with Crippen molar-refractivity contribution in [3.63, 3.8) is 0 Å². The van der Waals surface area contributed by atoms with Crippen LogP contribution in [0.3, 0.4) is 0 Å². The highest BCUT2D eigenvalue weighted by atomic mass is 32.2. The Balaban J connectivity index is 1.87. The zero-order valence-electron chi connectivity index (χ0n) is 10.9.